The number of nitrogens with zero attached hydrogens (tertiary/aromatic N) is 1. The molecule has 1 saturated heterocycles. The highest BCUT2D eigenvalue weighted by Crippen LogP contribution is 2.42. The minimum atomic E-state index is -0.389. The lowest BCUT2D eigenvalue weighted by Crippen LogP contribution is -2.41. The first-order valence-electron chi connectivity index (χ1n) is 10.5. The van der Waals surface area contributed by atoms with Gasteiger partial charge in [0.05, 0.1) is 22.6 Å². The molecule has 5 rings (SSSR count). The topological polar surface area (TPSA) is 21.7 Å². The van der Waals surface area contributed by atoms with Gasteiger partial charge >= 0.3 is 7.12 Å². The number of rotatable bonds is 2. The van der Waals surface area contributed by atoms with Crippen LogP contribution in [0.3, 0.4) is 0 Å². The van der Waals surface area contributed by atoms with Crippen molar-refractivity contribution in [1.82, 2.24) is 0 Å². The third-order valence-electron chi connectivity index (χ3n) is 6.46. The summed E-state index contributed by atoms with van der Waals surface area (Å²) in [6, 6.07) is 25.5. The second-order valence-corrected chi connectivity index (χ2v) is 8.97. The van der Waals surface area contributed by atoms with E-state index in [4.69, 9.17) is 9.31 Å². The standard InChI is InChI=1S/C26H26BNO2/c1-25(2)26(3,4)30-27(29-25)21-17-16-20-15-14-19-10-8-9-13-23(19)28(24(20)18-21)22-11-6-5-7-12-22/h5-18H,1-4H3. The lowest BCUT2D eigenvalue weighted by Gasteiger charge is -2.32. The largest absolute Gasteiger partial charge is 0.494 e. The summed E-state index contributed by atoms with van der Waals surface area (Å²) >= 11 is 0. The molecule has 2 aliphatic rings. The molecule has 0 bridgehead atoms. The number of fused-ring (bicyclic) bond motifs is 2. The maximum atomic E-state index is 6.32. The molecule has 3 aromatic carbocycles. The SMILES string of the molecule is CC1(C)OB(c2ccc3c(c2)N(c2ccccc2)c2ccccc2C=C3)OC1(C)C. The van der Waals surface area contributed by atoms with Gasteiger partial charge < -0.3 is 14.2 Å². The molecular formula is C26H26BNO2. The maximum absolute atomic E-state index is 6.32. The van der Waals surface area contributed by atoms with Crippen LogP contribution in [0.1, 0.15) is 38.8 Å². The van der Waals surface area contributed by atoms with Gasteiger partial charge in [0.25, 0.3) is 0 Å². The summed E-state index contributed by atoms with van der Waals surface area (Å²) in [6.45, 7) is 8.36. The Morgan fingerprint density at radius 3 is 1.97 bits per heavy atom. The van der Waals surface area contributed by atoms with Gasteiger partial charge in [-0.15, -0.1) is 0 Å². The molecule has 0 spiro atoms. The Labute approximate surface area is 179 Å². The molecule has 1 fully saturated rings. The van der Waals surface area contributed by atoms with Crippen LogP contribution >= 0.6 is 0 Å². The number of para-hydroxylation sites is 2. The van der Waals surface area contributed by atoms with Crippen molar-refractivity contribution in [3.05, 3.63) is 83.9 Å². The minimum Gasteiger partial charge on any atom is -0.399 e. The van der Waals surface area contributed by atoms with E-state index >= 15 is 0 Å². The third kappa shape index (κ3) is 3.08. The van der Waals surface area contributed by atoms with Crippen molar-refractivity contribution in [3.8, 4) is 0 Å². The fourth-order valence-corrected chi connectivity index (χ4v) is 4.02. The van der Waals surface area contributed by atoms with Gasteiger partial charge in [0, 0.05) is 5.69 Å². The summed E-state index contributed by atoms with van der Waals surface area (Å²) in [5, 5.41) is 0. The van der Waals surface area contributed by atoms with E-state index in [9.17, 15) is 0 Å². The highest BCUT2D eigenvalue weighted by Gasteiger charge is 2.51. The van der Waals surface area contributed by atoms with Crippen molar-refractivity contribution < 1.29 is 9.31 Å². The molecule has 3 aromatic rings. The van der Waals surface area contributed by atoms with Crippen LogP contribution in [0, 0.1) is 0 Å². The van der Waals surface area contributed by atoms with E-state index in [-0.39, 0.29) is 18.3 Å². The molecule has 150 valence electrons. The zero-order valence-corrected chi connectivity index (χ0v) is 17.9. The Hall–Kier alpha value is -2.82. The molecule has 0 saturated carbocycles. The number of anilines is 3. The molecule has 3 nitrogen and oxygen atoms in total. The van der Waals surface area contributed by atoms with Crippen LogP contribution in [-0.2, 0) is 9.31 Å². The summed E-state index contributed by atoms with van der Waals surface area (Å²) in [4.78, 5) is 2.32. The highest BCUT2D eigenvalue weighted by molar-refractivity contribution is 6.62. The maximum Gasteiger partial charge on any atom is 0.494 e. The molecule has 30 heavy (non-hydrogen) atoms. The van der Waals surface area contributed by atoms with Crippen molar-refractivity contribution in [2.75, 3.05) is 4.90 Å². The van der Waals surface area contributed by atoms with Gasteiger partial charge in [-0.3, -0.25) is 0 Å². The average Bonchev–Trinajstić information content (AvgIpc) is 2.87. The summed E-state index contributed by atoms with van der Waals surface area (Å²) in [7, 11) is -0.389. The van der Waals surface area contributed by atoms with Crippen LogP contribution in [0.5, 0.6) is 0 Å². The van der Waals surface area contributed by atoms with Crippen molar-refractivity contribution in [3.63, 3.8) is 0 Å². The second-order valence-electron chi connectivity index (χ2n) is 8.97. The first-order valence-corrected chi connectivity index (χ1v) is 10.5. The van der Waals surface area contributed by atoms with Crippen LogP contribution in [0.25, 0.3) is 12.2 Å². The molecule has 0 radical (unpaired) electrons. The smallest absolute Gasteiger partial charge is 0.399 e. The molecular weight excluding hydrogens is 369 g/mol. The van der Waals surface area contributed by atoms with E-state index in [0.29, 0.717) is 0 Å². The molecule has 2 heterocycles. The zero-order chi connectivity index (χ0) is 20.9. The Morgan fingerprint density at radius 1 is 0.667 bits per heavy atom. The van der Waals surface area contributed by atoms with Gasteiger partial charge in [0.15, 0.2) is 0 Å². The molecule has 0 aliphatic carbocycles. The second kappa shape index (κ2) is 6.87. The van der Waals surface area contributed by atoms with Crippen molar-refractivity contribution in [2.45, 2.75) is 38.9 Å². The highest BCUT2D eigenvalue weighted by atomic mass is 16.7. The lowest BCUT2D eigenvalue weighted by molar-refractivity contribution is 0.00578. The van der Waals surface area contributed by atoms with Crippen molar-refractivity contribution >= 4 is 41.8 Å². The molecule has 0 atom stereocenters. The quantitative estimate of drug-likeness (QED) is 0.392. The van der Waals surface area contributed by atoms with Crippen LogP contribution in [0.15, 0.2) is 72.8 Å². The third-order valence-corrected chi connectivity index (χ3v) is 6.46. The summed E-state index contributed by atoms with van der Waals surface area (Å²) in [5.41, 5.74) is 6.05. The van der Waals surface area contributed by atoms with Crippen LogP contribution in [0.2, 0.25) is 0 Å². The molecule has 0 aromatic heterocycles. The van der Waals surface area contributed by atoms with Crippen LogP contribution in [0.4, 0.5) is 17.1 Å². The Balaban J connectivity index is 1.66. The zero-order valence-electron chi connectivity index (χ0n) is 17.9. The molecule has 0 amide bonds. The fourth-order valence-electron chi connectivity index (χ4n) is 4.02. The number of hydrogen-bond donors (Lipinski definition) is 0. The van der Waals surface area contributed by atoms with Crippen LogP contribution in [-0.4, -0.2) is 18.3 Å². The van der Waals surface area contributed by atoms with Gasteiger partial charge in [0.1, 0.15) is 0 Å². The van der Waals surface area contributed by atoms with Gasteiger partial charge in [-0.2, -0.15) is 0 Å². The Morgan fingerprint density at radius 2 is 1.27 bits per heavy atom. The van der Waals surface area contributed by atoms with Gasteiger partial charge in [-0.1, -0.05) is 60.7 Å². The summed E-state index contributed by atoms with van der Waals surface area (Å²) in [5.74, 6) is 0. The first-order chi connectivity index (χ1) is 14.4. The van der Waals surface area contributed by atoms with E-state index in [1.54, 1.807) is 0 Å². The van der Waals surface area contributed by atoms with Gasteiger partial charge in [-0.25, -0.2) is 0 Å². The average molecular weight is 395 g/mol. The number of hydrogen-bond acceptors (Lipinski definition) is 3. The normalized spacial score (nSPS) is 18.7. The predicted molar refractivity (Wildman–Crippen MR) is 126 cm³/mol. The van der Waals surface area contributed by atoms with E-state index in [1.807, 2.05) is 6.07 Å². The lowest BCUT2D eigenvalue weighted by atomic mass is 9.78. The number of benzene rings is 3. The van der Waals surface area contributed by atoms with Crippen molar-refractivity contribution in [1.29, 1.82) is 0 Å². The van der Waals surface area contributed by atoms with E-state index < -0.39 is 0 Å². The Kier molecular flexibility index (Phi) is 4.39. The summed E-state index contributed by atoms with van der Waals surface area (Å²) < 4.78 is 12.6. The minimum absolute atomic E-state index is 0.365. The van der Waals surface area contributed by atoms with E-state index in [0.717, 1.165) is 28.1 Å². The Bertz CT molecular complexity index is 1100. The fraction of sp³-hybridized carbons (Fsp3) is 0.231. The van der Waals surface area contributed by atoms with Gasteiger partial charge in [0.2, 0.25) is 0 Å². The molecule has 0 N–H and O–H groups in total. The first kappa shape index (κ1) is 19.2. The monoisotopic (exact) mass is 395 g/mol. The molecule has 0 unspecified atom stereocenters. The van der Waals surface area contributed by atoms with Crippen molar-refractivity contribution in [2.24, 2.45) is 0 Å². The molecule has 4 heteroatoms. The van der Waals surface area contributed by atoms with E-state index in [2.05, 4.69) is 111 Å². The molecule has 2 aliphatic heterocycles. The van der Waals surface area contributed by atoms with Crippen LogP contribution < -0.4 is 10.4 Å². The van der Waals surface area contributed by atoms with Gasteiger partial charge in [-0.05, 0) is 68.6 Å². The van der Waals surface area contributed by atoms with E-state index in [1.165, 1.54) is 5.56 Å². The predicted octanol–water partition coefficient (Wildman–Crippen LogP) is 5.94. The summed E-state index contributed by atoms with van der Waals surface area (Å²) in [6.07, 6.45) is 4.37.